The molecule has 1 fully saturated rings. The number of hydrogen-bond acceptors (Lipinski definition) is 5. The molecule has 1 saturated heterocycles. The van der Waals surface area contributed by atoms with Crippen LogP contribution in [0.4, 0.5) is 4.39 Å². The van der Waals surface area contributed by atoms with Crippen molar-refractivity contribution in [2.24, 2.45) is 5.92 Å². The van der Waals surface area contributed by atoms with E-state index in [1.54, 1.807) is 17.0 Å². The number of carbonyl (C=O) groups excluding carboxylic acids is 1. The van der Waals surface area contributed by atoms with Crippen molar-refractivity contribution in [2.75, 3.05) is 52.5 Å². The van der Waals surface area contributed by atoms with Gasteiger partial charge in [-0.1, -0.05) is 29.8 Å². The van der Waals surface area contributed by atoms with E-state index in [0.717, 1.165) is 24.1 Å². The van der Waals surface area contributed by atoms with E-state index in [4.69, 9.17) is 4.74 Å². The summed E-state index contributed by atoms with van der Waals surface area (Å²) in [6.45, 7) is 8.80. The number of carbonyl (C=O) groups is 1. The second-order valence-corrected chi connectivity index (χ2v) is 8.54. The Morgan fingerprint density at radius 1 is 1.50 bits per heavy atom. The van der Waals surface area contributed by atoms with E-state index >= 15 is 0 Å². The van der Waals surface area contributed by atoms with Crippen LogP contribution < -0.4 is 5.32 Å². The van der Waals surface area contributed by atoms with Crippen LogP contribution in [0.3, 0.4) is 0 Å². The molecular weight excluding hydrogens is 429 g/mol. The van der Waals surface area contributed by atoms with Crippen molar-refractivity contribution in [1.29, 1.82) is 0 Å². The molecule has 1 heterocycles. The monoisotopic (exact) mass is 459 g/mol. The number of amides is 1. The van der Waals surface area contributed by atoms with Gasteiger partial charge in [0.05, 0.1) is 25.9 Å². The van der Waals surface area contributed by atoms with Crippen LogP contribution in [0.5, 0.6) is 0 Å². The highest BCUT2D eigenvalue weighted by molar-refractivity contribution is 9.10. The smallest absolute Gasteiger partial charge is 0.234 e. The van der Waals surface area contributed by atoms with E-state index in [2.05, 4.69) is 40.0 Å². The van der Waals surface area contributed by atoms with Gasteiger partial charge in [0.25, 0.3) is 0 Å². The predicted octanol–water partition coefficient (Wildman–Crippen LogP) is 1.86. The number of hydrogen-bond donors (Lipinski definition) is 2. The molecule has 1 aromatic carbocycles. The standard InChI is InChI=1S/C20H31BrFN3O3/c1-15(2)11-25-6-8-28-18(13-25)10-23-20(27)14-24(5-7-26)12-16-9-17(21)3-4-19(16)22/h3-4,9,15,18,26H,5-8,10-14H2,1-2H3,(H,23,27). The molecule has 28 heavy (non-hydrogen) atoms. The molecule has 2 N–H and O–H groups in total. The van der Waals surface area contributed by atoms with Crippen molar-refractivity contribution in [3.63, 3.8) is 0 Å². The first-order chi connectivity index (χ1) is 13.4. The average molecular weight is 460 g/mol. The number of aliphatic hydroxyl groups is 1. The number of aliphatic hydroxyl groups excluding tert-OH is 1. The quantitative estimate of drug-likeness (QED) is 0.558. The van der Waals surface area contributed by atoms with Crippen molar-refractivity contribution in [3.05, 3.63) is 34.1 Å². The van der Waals surface area contributed by atoms with Gasteiger partial charge in [-0.3, -0.25) is 14.6 Å². The molecule has 0 bridgehead atoms. The predicted molar refractivity (Wildman–Crippen MR) is 110 cm³/mol. The van der Waals surface area contributed by atoms with Crippen LogP contribution >= 0.6 is 15.9 Å². The first-order valence-corrected chi connectivity index (χ1v) is 10.5. The third kappa shape index (κ3) is 8.13. The fourth-order valence-electron chi connectivity index (χ4n) is 3.33. The molecule has 0 radical (unpaired) electrons. The van der Waals surface area contributed by atoms with Crippen LogP contribution in [0.15, 0.2) is 22.7 Å². The summed E-state index contributed by atoms with van der Waals surface area (Å²) in [7, 11) is 0. The number of nitrogens with one attached hydrogen (secondary N) is 1. The summed E-state index contributed by atoms with van der Waals surface area (Å²) in [6, 6.07) is 4.71. The van der Waals surface area contributed by atoms with Gasteiger partial charge in [-0.2, -0.15) is 0 Å². The SMILES string of the molecule is CC(C)CN1CCOC(CNC(=O)CN(CCO)Cc2cc(Br)ccc2F)C1. The summed E-state index contributed by atoms with van der Waals surface area (Å²) in [6.07, 6.45) is -0.0229. The van der Waals surface area contributed by atoms with Gasteiger partial charge in [0.1, 0.15) is 5.82 Å². The van der Waals surface area contributed by atoms with Crippen molar-refractivity contribution in [1.82, 2.24) is 15.1 Å². The van der Waals surface area contributed by atoms with Crippen molar-refractivity contribution < 1.29 is 19.0 Å². The molecule has 1 aliphatic heterocycles. The Bertz CT molecular complexity index is 633. The summed E-state index contributed by atoms with van der Waals surface area (Å²) < 4.78 is 20.5. The lowest BCUT2D eigenvalue weighted by atomic mass is 10.2. The normalized spacial score (nSPS) is 18.0. The van der Waals surface area contributed by atoms with E-state index in [-0.39, 0.29) is 37.5 Å². The molecule has 0 saturated carbocycles. The minimum Gasteiger partial charge on any atom is -0.395 e. The Hall–Kier alpha value is -1.06. The maximum absolute atomic E-state index is 14.0. The molecule has 6 nitrogen and oxygen atoms in total. The molecule has 0 spiro atoms. The van der Waals surface area contributed by atoms with Crippen LogP contribution in [0.1, 0.15) is 19.4 Å². The van der Waals surface area contributed by atoms with Gasteiger partial charge in [0.15, 0.2) is 0 Å². The molecule has 0 aromatic heterocycles. The lowest BCUT2D eigenvalue weighted by Gasteiger charge is -2.34. The van der Waals surface area contributed by atoms with Gasteiger partial charge < -0.3 is 15.2 Å². The topological polar surface area (TPSA) is 65.0 Å². The minimum absolute atomic E-state index is 0.0229. The van der Waals surface area contributed by atoms with Gasteiger partial charge in [0.2, 0.25) is 5.91 Å². The second-order valence-electron chi connectivity index (χ2n) is 7.62. The summed E-state index contributed by atoms with van der Waals surface area (Å²) in [5.41, 5.74) is 0.482. The Labute approximate surface area is 175 Å². The van der Waals surface area contributed by atoms with Crippen LogP contribution in [0.25, 0.3) is 0 Å². The van der Waals surface area contributed by atoms with Crippen LogP contribution in [0.2, 0.25) is 0 Å². The summed E-state index contributed by atoms with van der Waals surface area (Å²) in [4.78, 5) is 16.5. The van der Waals surface area contributed by atoms with Crippen LogP contribution in [-0.4, -0.2) is 79.4 Å². The Morgan fingerprint density at radius 3 is 3.00 bits per heavy atom. The number of morpholine rings is 1. The molecule has 2 rings (SSSR count). The molecule has 1 amide bonds. The van der Waals surface area contributed by atoms with Crippen LogP contribution in [-0.2, 0) is 16.1 Å². The maximum Gasteiger partial charge on any atom is 0.234 e. The maximum atomic E-state index is 14.0. The zero-order valence-electron chi connectivity index (χ0n) is 16.7. The highest BCUT2D eigenvalue weighted by Gasteiger charge is 2.22. The van der Waals surface area contributed by atoms with Gasteiger partial charge in [-0.25, -0.2) is 4.39 Å². The van der Waals surface area contributed by atoms with Gasteiger partial charge in [-0.15, -0.1) is 0 Å². The first kappa shape index (κ1) is 23.2. The van der Waals surface area contributed by atoms with Crippen molar-refractivity contribution >= 4 is 21.8 Å². The summed E-state index contributed by atoms with van der Waals surface area (Å²) >= 11 is 3.33. The molecule has 8 heteroatoms. The number of nitrogens with zero attached hydrogens (tertiary/aromatic N) is 2. The van der Waals surface area contributed by atoms with Gasteiger partial charge in [0, 0.05) is 49.3 Å². The molecule has 1 atom stereocenters. The van der Waals surface area contributed by atoms with E-state index < -0.39 is 0 Å². The summed E-state index contributed by atoms with van der Waals surface area (Å²) in [5, 5.41) is 12.2. The largest absolute Gasteiger partial charge is 0.395 e. The highest BCUT2D eigenvalue weighted by Crippen LogP contribution is 2.17. The van der Waals surface area contributed by atoms with Gasteiger partial charge >= 0.3 is 0 Å². The fraction of sp³-hybridized carbons (Fsp3) is 0.650. The Kier molecular flexibility index (Phi) is 9.81. The van der Waals surface area contributed by atoms with Crippen molar-refractivity contribution in [2.45, 2.75) is 26.5 Å². The second kappa shape index (κ2) is 11.8. The molecule has 0 aliphatic carbocycles. The molecule has 1 unspecified atom stereocenters. The first-order valence-electron chi connectivity index (χ1n) is 9.75. The lowest BCUT2D eigenvalue weighted by molar-refractivity contribution is -0.123. The Balaban J connectivity index is 1.82. The summed E-state index contributed by atoms with van der Waals surface area (Å²) in [5.74, 6) is 0.111. The fourth-order valence-corrected chi connectivity index (χ4v) is 3.74. The Morgan fingerprint density at radius 2 is 2.29 bits per heavy atom. The zero-order chi connectivity index (χ0) is 20.5. The molecule has 1 aliphatic rings. The minimum atomic E-state index is -0.326. The number of ether oxygens (including phenoxy) is 1. The highest BCUT2D eigenvalue weighted by atomic mass is 79.9. The zero-order valence-corrected chi connectivity index (χ0v) is 18.3. The average Bonchev–Trinajstić information content (AvgIpc) is 2.63. The third-order valence-electron chi connectivity index (χ3n) is 4.56. The molecule has 158 valence electrons. The lowest BCUT2D eigenvalue weighted by Crippen LogP contribution is -2.49. The van der Waals surface area contributed by atoms with Gasteiger partial charge in [-0.05, 0) is 24.1 Å². The number of rotatable bonds is 10. The van der Waals surface area contributed by atoms with E-state index in [1.807, 2.05) is 0 Å². The molecular formula is C20H31BrFN3O3. The van der Waals surface area contributed by atoms with E-state index in [0.29, 0.717) is 31.2 Å². The molecule has 1 aromatic rings. The number of halogens is 2. The van der Waals surface area contributed by atoms with E-state index in [1.165, 1.54) is 6.07 Å². The third-order valence-corrected chi connectivity index (χ3v) is 5.05. The van der Waals surface area contributed by atoms with Crippen LogP contribution in [0, 0.1) is 11.7 Å². The van der Waals surface area contributed by atoms with E-state index in [9.17, 15) is 14.3 Å². The number of benzene rings is 1. The van der Waals surface area contributed by atoms with Crippen molar-refractivity contribution in [3.8, 4) is 0 Å².